The Morgan fingerprint density at radius 2 is 1.77 bits per heavy atom. The van der Waals surface area contributed by atoms with E-state index in [0.717, 1.165) is 18.1 Å². The third-order valence-electron chi connectivity index (χ3n) is 4.34. The lowest BCUT2D eigenvalue weighted by Gasteiger charge is -2.30. The number of rotatable bonds is 11. The number of ether oxygens (including phenoxy) is 2. The lowest BCUT2D eigenvalue weighted by Crippen LogP contribution is -2.21. The van der Waals surface area contributed by atoms with Crippen molar-refractivity contribution >= 4 is 0 Å². The van der Waals surface area contributed by atoms with Crippen molar-refractivity contribution in [3.63, 3.8) is 0 Å². The van der Waals surface area contributed by atoms with Gasteiger partial charge in [0.15, 0.2) is 0 Å². The van der Waals surface area contributed by atoms with Gasteiger partial charge >= 0.3 is 0 Å². The molecule has 0 aliphatic heterocycles. The average Bonchev–Trinajstić information content (AvgIpc) is 2.53. The maximum atomic E-state index is 8.62. The third kappa shape index (κ3) is 6.37. The van der Waals surface area contributed by atoms with E-state index >= 15 is 0 Å². The normalized spacial score (nSPS) is 14.1. The van der Waals surface area contributed by atoms with Gasteiger partial charge in [0.25, 0.3) is 0 Å². The van der Waals surface area contributed by atoms with Gasteiger partial charge in [-0.15, -0.1) is 0 Å². The molecule has 126 valence electrons. The monoisotopic (exact) mass is 308 g/mol. The Kier molecular flexibility index (Phi) is 8.51. The summed E-state index contributed by atoms with van der Waals surface area (Å²) in [6, 6.07) is 8.47. The highest BCUT2D eigenvalue weighted by Crippen LogP contribution is 2.34. The second-order valence-electron chi connectivity index (χ2n) is 6.56. The molecule has 0 aliphatic rings. The molecule has 1 aromatic rings. The number of aliphatic hydroxyl groups is 1. The Labute approximate surface area is 135 Å². The molecule has 22 heavy (non-hydrogen) atoms. The van der Waals surface area contributed by atoms with E-state index in [2.05, 4.69) is 39.8 Å². The average molecular weight is 308 g/mol. The molecular weight excluding hydrogens is 276 g/mol. The summed E-state index contributed by atoms with van der Waals surface area (Å²) in [6.07, 6.45) is 3.62. The zero-order valence-corrected chi connectivity index (χ0v) is 14.6. The van der Waals surface area contributed by atoms with Gasteiger partial charge in [0.2, 0.25) is 0 Å². The first-order chi connectivity index (χ1) is 10.5. The molecule has 0 fully saturated rings. The largest absolute Gasteiger partial charge is 0.491 e. The van der Waals surface area contributed by atoms with E-state index in [-0.39, 0.29) is 12.0 Å². The lowest BCUT2D eigenvalue weighted by atomic mass is 9.75. The third-order valence-corrected chi connectivity index (χ3v) is 4.34. The van der Waals surface area contributed by atoms with E-state index in [4.69, 9.17) is 14.6 Å². The molecule has 1 aromatic carbocycles. The van der Waals surface area contributed by atoms with Crippen LogP contribution in [0.15, 0.2) is 24.3 Å². The molecule has 0 aliphatic carbocycles. The fourth-order valence-electron chi connectivity index (χ4n) is 2.47. The summed E-state index contributed by atoms with van der Waals surface area (Å²) in [4.78, 5) is 0. The molecule has 0 aromatic heterocycles. The van der Waals surface area contributed by atoms with E-state index in [1.54, 1.807) is 0 Å². The smallest absolute Gasteiger partial charge is 0.119 e. The first kappa shape index (κ1) is 19.0. The molecule has 1 atom stereocenters. The molecule has 1 unspecified atom stereocenters. The number of aliphatic hydroxyl groups excluding tert-OH is 1. The van der Waals surface area contributed by atoms with Crippen LogP contribution in [0.4, 0.5) is 0 Å². The minimum atomic E-state index is 0.0562. The molecule has 1 rings (SSSR count). The molecule has 0 saturated heterocycles. The first-order valence-electron chi connectivity index (χ1n) is 8.43. The highest BCUT2D eigenvalue weighted by atomic mass is 16.5. The Hall–Kier alpha value is -1.06. The fraction of sp³-hybridized carbons (Fsp3) is 0.684. The van der Waals surface area contributed by atoms with Crippen LogP contribution >= 0.6 is 0 Å². The molecule has 3 heteroatoms. The summed E-state index contributed by atoms with van der Waals surface area (Å²) >= 11 is 0. The van der Waals surface area contributed by atoms with Crippen molar-refractivity contribution in [1.82, 2.24) is 0 Å². The van der Waals surface area contributed by atoms with Gasteiger partial charge in [0.05, 0.1) is 19.8 Å². The molecule has 0 amide bonds. The highest BCUT2D eigenvalue weighted by molar-refractivity contribution is 5.32. The molecular formula is C19H32O3. The van der Waals surface area contributed by atoms with Crippen LogP contribution in [0.3, 0.4) is 0 Å². The Morgan fingerprint density at radius 3 is 2.32 bits per heavy atom. The minimum Gasteiger partial charge on any atom is -0.491 e. The molecule has 0 saturated carbocycles. The second kappa shape index (κ2) is 9.86. The Balaban J connectivity index is 2.54. The summed E-state index contributed by atoms with van der Waals surface area (Å²) < 4.78 is 10.8. The number of hydrogen-bond donors (Lipinski definition) is 1. The summed E-state index contributed by atoms with van der Waals surface area (Å²) in [7, 11) is 0. The zero-order valence-electron chi connectivity index (χ0n) is 14.6. The topological polar surface area (TPSA) is 38.7 Å². The van der Waals surface area contributed by atoms with Crippen LogP contribution in [0.25, 0.3) is 0 Å². The van der Waals surface area contributed by atoms with Gasteiger partial charge in [-0.05, 0) is 41.9 Å². The van der Waals surface area contributed by atoms with Gasteiger partial charge < -0.3 is 14.6 Å². The van der Waals surface area contributed by atoms with Crippen molar-refractivity contribution in [2.24, 2.45) is 5.92 Å². The van der Waals surface area contributed by atoms with Crippen LogP contribution in [0.2, 0.25) is 0 Å². The van der Waals surface area contributed by atoms with Gasteiger partial charge in [-0.3, -0.25) is 0 Å². The van der Waals surface area contributed by atoms with Crippen molar-refractivity contribution < 1.29 is 14.6 Å². The Bertz CT molecular complexity index is 400. The predicted octanol–water partition coefficient (Wildman–Crippen LogP) is 4.18. The van der Waals surface area contributed by atoms with Crippen molar-refractivity contribution in [3.8, 4) is 5.75 Å². The van der Waals surface area contributed by atoms with E-state index in [0.29, 0.717) is 19.8 Å². The summed E-state index contributed by atoms with van der Waals surface area (Å²) in [6.45, 7) is 10.6. The molecule has 0 heterocycles. The Morgan fingerprint density at radius 1 is 1.09 bits per heavy atom. The maximum Gasteiger partial charge on any atom is 0.119 e. The molecule has 1 N–H and O–H groups in total. The van der Waals surface area contributed by atoms with E-state index < -0.39 is 0 Å². The van der Waals surface area contributed by atoms with Crippen molar-refractivity contribution in [2.75, 3.05) is 26.4 Å². The van der Waals surface area contributed by atoms with Crippen LogP contribution in [-0.2, 0) is 10.2 Å². The van der Waals surface area contributed by atoms with Gasteiger partial charge in [0.1, 0.15) is 12.4 Å². The predicted molar refractivity (Wildman–Crippen MR) is 91.6 cm³/mol. The van der Waals surface area contributed by atoms with Crippen molar-refractivity contribution in [1.29, 1.82) is 0 Å². The molecule has 0 spiro atoms. The van der Waals surface area contributed by atoms with Crippen LogP contribution in [0.5, 0.6) is 5.75 Å². The minimum absolute atomic E-state index is 0.0562. The van der Waals surface area contributed by atoms with Crippen LogP contribution in [-0.4, -0.2) is 31.5 Å². The molecule has 3 nitrogen and oxygen atoms in total. The first-order valence-corrected chi connectivity index (χ1v) is 8.43. The number of benzene rings is 1. The second-order valence-corrected chi connectivity index (χ2v) is 6.56. The van der Waals surface area contributed by atoms with Crippen LogP contribution in [0, 0.1) is 5.92 Å². The lowest BCUT2D eigenvalue weighted by molar-refractivity contribution is 0.0705. The molecule has 0 radical (unpaired) electrons. The number of hydrogen-bond acceptors (Lipinski definition) is 3. The summed E-state index contributed by atoms with van der Waals surface area (Å²) in [5.41, 5.74) is 1.63. The SMILES string of the molecule is CCC(C)(CCC(C)C)c1ccc(OCCOCCO)cc1. The van der Waals surface area contributed by atoms with Crippen LogP contribution in [0.1, 0.15) is 52.5 Å². The van der Waals surface area contributed by atoms with Crippen molar-refractivity contribution in [2.45, 2.75) is 52.4 Å². The quantitative estimate of drug-likeness (QED) is 0.623. The zero-order chi connectivity index (χ0) is 16.4. The van der Waals surface area contributed by atoms with E-state index in [1.807, 2.05) is 12.1 Å². The van der Waals surface area contributed by atoms with E-state index in [1.165, 1.54) is 18.4 Å². The van der Waals surface area contributed by atoms with Crippen LogP contribution < -0.4 is 4.74 Å². The van der Waals surface area contributed by atoms with Gasteiger partial charge in [-0.2, -0.15) is 0 Å². The highest BCUT2D eigenvalue weighted by Gasteiger charge is 2.24. The maximum absolute atomic E-state index is 8.62. The fourth-order valence-corrected chi connectivity index (χ4v) is 2.47. The van der Waals surface area contributed by atoms with Crippen molar-refractivity contribution in [3.05, 3.63) is 29.8 Å². The standard InChI is InChI=1S/C19H32O3/c1-5-19(4,11-10-16(2)3)17-6-8-18(9-7-17)22-15-14-21-13-12-20/h6-9,16,20H,5,10-15H2,1-4H3. The van der Waals surface area contributed by atoms with Gasteiger partial charge in [0, 0.05) is 0 Å². The van der Waals surface area contributed by atoms with Gasteiger partial charge in [-0.1, -0.05) is 46.2 Å². The molecule has 0 bridgehead atoms. The van der Waals surface area contributed by atoms with Gasteiger partial charge in [-0.25, -0.2) is 0 Å². The van der Waals surface area contributed by atoms with E-state index in [9.17, 15) is 0 Å². The summed E-state index contributed by atoms with van der Waals surface area (Å²) in [5, 5.41) is 8.62. The summed E-state index contributed by atoms with van der Waals surface area (Å²) in [5.74, 6) is 1.62.